The largest absolute Gasteiger partial charge is 0.372 e. The van der Waals surface area contributed by atoms with Crippen LogP contribution in [0.15, 0.2) is 40.9 Å². The van der Waals surface area contributed by atoms with Crippen LogP contribution in [0.5, 0.6) is 0 Å². The average molecular weight is 487 g/mol. The summed E-state index contributed by atoms with van der Waals surface area (Å²) < 4.78 is 0.757. The highest BCUT2D eigenvalue weighted by molar-refractivity contribution is 9.10. The van der Waals surface area contributed by atoms with Crippen molar-refractivity contribution in [2.45, 2.75) is 27.2 Å². The third-order valence-corrected chi connectivity index (χ3v) is 5.86. The second-order valence-electron chi connectivity index (χ2n) is 7.36. The van der Waals surface area contributed by atoms with E-state index >= 15 is 0 Å². The zero-order valence-electron chi connectivity index (χ0n) is 18.0. The summed E-state index contributed by atoms with van der Waals surface area (Å²) in [6.07, 6.45) is 0.472. The summed E-state index contributed by atoms with van der Waals surface area (Å²) in [6.45, 7) is 8.63. The molecule has 0 spiro atoms. The van der Waals surface area contributed by atoms with Crippen molar-refractivity contribution in [2.24, 2.45) is 0 Å². The van der Waals surface area contributed by atoms with E-state index in [1.165, 1.54) is 4.90 Å². The highest BCUT2D eigenvalue weighted by Crippen LogP contribution is 2.26. The first-order valence-corrected chi connectivity index (χ1v) is 11.2. The Bertz CT molecular complexity index is 1000. The number of halogens is 1. The lowest BCUT2D eigenvalue weighted by molar-refractivity contribution is 0.0653. The van der Waals surface area contributed by atoms with Crippen LogP contribution in [0.2, 0.25) is 0 Å². The molecule has 0 aliphatic carbocycles. The summed E-state index contributed by atoms with van der Waals surface area (Å²) in [5, 5.41) is 5.64. The molecule has 0 saturated carbocycles. The number of nitrogens with one attached hydrogen (secondary N) is 2. The number of aryl methyl sites for hydroxylation is 1. The molecule has 8 heteroatoms. The van der Waals surface area contributed by atoms with Gasteiger partial charge in [0.25, 0.3) is 11.8 Å². The van der Waals surface area contributed by atoms with Gasteiger partial charge in [-0.1, -0.05) is 15.9 Å². The first-order chi connectivity index (χ1) is 14.8. The minimum absolute atomic E-state index is 0.252. The number of fused-ring (bicyclic) bond motifs is 1. The topological polar surface area (TPSA) is 81.8 Å². The summed E-state index contributed by atoms with van der Waals surface area (Å²) in [6, 6.07) is 10.7. The van der Waals surface area contributed by atoms with Crippen LogP contribution in [0.3, 0.4) is 0 Å². The van der Waals surface area contributed by atoms with Crippen LogP contribution in [0.1, 0.15) is 46.5 Å². The molecule has 3 rings (SSSR count). The Hall–Kier alpha value is -2.87. The number of rotatable bonds is 8. The summed E-state index contributed by atoms with van der Waals surface area (Å²) >= 11 is 3.32. The average Bonchev–Trinajstić information content (AvgIpc) is 2.98. The Morgan fingerprint density at radius 3 is 2.42 bits per heavy atom. The van der Waals surface area contributed by atoms with Gasteiger partial charge in [0, 0.05) is 42.0 Å². The Labute approximate surface area is 190 Å². The number of anilines is 2. The van der Waals surface area contributed by atoms with Crippen molar-refractivity contribution in [3.63, 3.8) is 0 Å². The maximum Gasteiger partial charge on any atom is 0.319 e. The number of carbonyl (C=O) groups is 3. The van der Waals surface area contributed by atoms with Crippen molar-refractivity contribution in [3.05, 3.63) is 57.6 Å². The Morgan fingerprint density at radius 2 is 1.74 bits per heavy atom. The predicted octanol–water partition coefficient (Wildman–Crippen LogP) is 4.41. The number of hydrogen-bond donors (Lipinski definition) is 2. The molecule has 2 N–H and O–H groups in total. The van der Waals surface area contributed by atoms with Crippen molar-refractivity contribution in [1.29, 1.82) is 0 Å². The monoisotopic (exact) mass is 486 g/mol. The molecule has 0 atom stereocenters. The van der Waals surface area contributed by atoms with Gasteiger partial charge in [-0.25, -0.2) is 4.79 Å². The number of benzene rings is 2. The van der Waals surface area contributed by atoms with Crippen molar-refractivity contribution in [1.82, 2.24) is 10.2 Å². The number of imide groups is 1. The quantitative estimate of drug-likeness (QED) is 0.427. The molecule has 0 bridgehead atoms. The van der Waals surface area contributed by atoms with E-state index in [0.717, 1.165) is 34.5 Å². The van der Waals surface area contributed by atoms with Crippen LogP contribution < -0.4 is 15.5 Å². The van der Waals surface area contributed by atoms with Crippen LogP contribution in [0.25, 0.3) is 0 Å². The van der Waals surface area contributed by atoms with Gasteiger partial charge in [0.05, 0.1) is 11.1 Å². The van der Waals surface area contributed by atoms with Crippen LogP contribution >= 0.6 is 15.9 Å². The summed E-state index contributed by atoms with van der Waals surface area (Å²) in [4.78, 5) is 40.6. The van der Waals surface area contributed by atoms with Crippen molar-refractivity contribution in [3.8, 4) is 0 Å². The minimum atomic E-state index is -0.315. The van der Waals surface area contributed by atoms with E-state index in [-0.39, 0.29) is 24.4 Å². The molecule has 1 aliphatic heterocycles. The molecule has 1 heterocycles. The highest BCUT2D eigenvalue weighted by atomic mass is 79.9. The Balaban J connectivity index is 1.48. The molecule has 4 amide bonds. The Kier molecular flexibility index (Phi) is 7.33. The van der Waals surface area contributed by atoms with E-state index in [1.54, 1.807) is 18.2 Å². The smallest absolute Gasteiger partial charge is 0.319 e. The van der Waals surface area contributed by atoms with Crippen LogP contribution in [0, 0.1) is 6.92 Å². The fourth-order valence-corrected chi connectivity index (χ4v) is 4.01. The lowest BCUT2D eigenvalue weighted by atomic mass is 10.1. The predicted molar refractivity (Wildman–Crippen MR) is 126 cm³/mol. The first-order valence-electron chi connectivity index (χ1n) is 10.4. The summed E-state index contributed by atoms with van der Waals surface area (Å²) in [5.41, 5.74) is 3.69. The third kappa shape index (κ3) is 5.07. The van der Waals surface area contributed by atoms with E-state index < -0.39 is 0 Å². The fraction of sp³-hybridized carbons (Fsp3) is 0.348. The molecule has 0 unspecified atom stereocenters. The number of urea groups is 1. The number of carbonyl (C=O) groups excluding carboxylic acids is 3. The standard InChI is InChI=1S/C23H27BrN4O3/c1-4-27(5-2)17-8-10-20(15(3)13-17)26-23(31)25-11-6-12-28-21(29)18-9-7-16(24)14-19(18)22(28)30/h7-10,13-14H,4-6,11-12H2,1-3H3,(H2,25,26,31). The lowest BCUT2D eigenvalue weighted by Crippen LogP contribution is -2.35. The lowest BCUT2D eigenvalue weighted by Gasteiger charge is -2.22. The summed E-state index contributed by atoms with van der Waals surface area (Å²) in [5.74, 6) is -0.587. The zero-order valence-corrected chi connectivity index (χ0v) is 19.6. The van der Waals surface area contributed by atoms with E-state index in [1.807, 2.05) is 19.1 Å². The van der Waals surface area contributed by atoms with Gasteiger partial charge in [0.2, 0.25) is 0 Å². The van der Waals surface area contributed by atoms with E-state index in [2.05, 4.69) is 51.4 Å². The van der Waals surface area contributed by atoms with Gasteiger partial charge in [-0.3, -0.25) is 14.5 Å². The maximum absolute atomic E-state index is 12.5. The number of amides is 4. The molecule has 31 heavy (non-hydrogen) atoms. The third-order valence-electron chi connectivity index (χ3n) is 5.36. The fourth-order valence-electron chi connectivity index (χ4n) is 3.65. The van der Waals surface area contributed by atoms with Crippen LogP contribution in [-0.4, -0.2) is 48.9 Å². The van der Waals surface area contributed by atoms with Crippen LogP contribution in [-0.2, 0) is 0 Å². The molecule has 0 saturated heterocycles. The molecule has 0 radical (unpaired) electrons. The SMILES string of the molecule is CCN(CC)c1ccc(NC(=O)NCCCN2C(=O)c3ccc(Br)cc3C2=O)c(C)c1. The molecule has 164 valence electrons. The van der Waals surface area contributed by atoms with Gasteiger partial charge in [-0.05, 0) is 69.2 Å². The molecule has 2 aromatic carbocycles. The molecule has 7 nitrogen and oxygen atoms in total. The molecule has 2 aromatic rings. The van der Waals surface area contributed by atoms with E-state index in [9.17, 15) is 14.4 Å². The zero-order chi connectivity index (χ0) is 22.5. The first kappa shape index (κ1) is 22.8. The Morgan fingerprint density at radius 1 is 1.03 bits per heavy atom. The van der Waals surface area contributed by atoms with Gasteiger partial charge >= 0.3 is 6.03 Å². The van der Waals surface area contributed by atoms with Crippen molar-refractivity contribution in [2.75, 3.05) is 36.4 Å². The molecule has 0 fully saturated rings. The van der Waals surface area contributed by atoms with E-state index in [4.69, 9.17) is 0 Å². The second-order valence-corrected chi connectivity index (χ2v) is 8.27. The van der Waals surface area contributed by atoms with Crippen molar-refractivity contribution >= 4 is 45.2 Å². The number of hydrogen-bond acceptors (Lipinski definition) is 4. The molecule has 1 aliphatic rings. The van der Waals surface area contributed by atoms with Gasteiger partial charge in [-0.2, -0.15) is 0 Å². The number of nitrogens with zero attached hydrogens (tertiary/aromatic N) is 2. The molecular weight excluding hydrogens is 460 g/mol. The normalized spacial score (nSPS) is 12.7. The summed E-state index contributed by atoms with van der Waals surface area (Å²) in [7, 11) is 0. The van der Waals surface area contributed by atoms with Gasteiger partial charge < -0.3 is 15.5 Å². The van der Waals surface area contributed by atoms with Crippen LogP contribution in [0.4, 0.5) is 16.2 Å². The molecule has 0 aromatic heterocycles. The van der Waals surface area contributed by atoms with Gasteiger partial charge in [-0.15, -0.1) is 0 Å². The molecular formula is C23H27BrN4O3. The van der Waals surface area contributed by atoms with Gasteiger partial charge in [0.15, 0.2) is 0 Å². The van der Waals surface area contributed by atoms with Crippen molar-refractivity contribution < 1.29 is 14.4 Å². The second kappa shape index (κ2) is 9.96. The highest BCUT2D eigenvalue weighted by Gasteiger charge is 2.34. The van der Waals surface area contributed by atoms with E-state index in [0.29, 0.717) is 24.1 Å². The maximum atomic E-state index is 12.5. The minimum Gasteiger partial charge on any atom is -0.372 e. The van der Waals surface area contributed by atoms with Gasteiger partial charge in [0.1, 0.15) is 0 Å².